The van der Waals surface area contributed by atoms with Gasteiger partial charge in [0.05, 0.1) is 14.2 Å². The van der Waals surface area contributed by atoms with Gasteiger partial charge in [0.25, 0.3) is 11.8 Å². The molecule has 0 aliphatic carbocycles. The molecule has 4 aromatic carbocycles. The van der Waals surface area contributed by atoms with Crippen molar-refractivity contribution in [1.29, 1.82) is 0 Å². The van der Waals surface area contributed by atoms with Gasteiger partial charge in [-0.05, 0) is 67.7 Å². The second-order valence-corrected chi connectivity index (χ2v) is 20.3. The van der Waals surface area contributed by atoms with Crippen LogP contribution in [0.1, 0.15) is 55.6 Å². The van der Waals surface area contributed by atoms with E-state index in [4.69, 9.17) is 24.0 Å². The summed E-state index contributed by atoms with van der Waals surface area (Å²) in [6.45, 7) is 7.30. The van der Waals surface area contributed by atoms with Crippen molar-refractivity contribution in [3.8, 4) is 5.75 Å². The van der Waals surface area contributed by atoms with Crippen LogP contribution in [0.2, 0.25) is 0 Å². The molecule has 6 aromatic rings. The van der Waals surface area contributed by atoms with Crippen LogP contribution in [0.4, 0.5) is 9.93 Å². The Labute approximate surface area is 425 Å². The van der Waals surface area contributed by atoms with Crippen molar-refractivity contribution in [2.24, 2.45) is 5.16 Å². The van der Waals surface area contributed by atoms with E-state index >= 15 is 0 Å². The number of nitrogens with one attached hydrogen (secondary N) is 2. The minimum absolute atomic E-state index is 0.0402. The minimum atomic E-state index is -0.998. The molecule has 1 saturated heterocycles. The molecule has 2 N–H and O–H groups in total. The van der Waals surface area contributed by atoms with Crippen molar-refractivity contribution in [1.82, 2.24) is 15.2 Å². The highest BCUT2D eigenvalue weighted by atomic mass is 32.2. The normalized spacial score (nSPS) is 15.8. The summed E-state index contributed by atoms with van der Waals surface area (Å²) in [6, 6.07) is 40.1. The molecule has 2 aliphatic rings. The van der Waals surface area contributed by atoms with Crippen LogP contribution in [-0.2, 0) is 40.8 Å². The molecule has 8 rings (SSSR count). The Morgan fingerprint density at radius 3 is 2.06 bits per heavy atom. The van der Waals surface area contributed by atoms with Gasteiger partial charge in [-0.2, -0.15) is 0 Å². The zero-order valence-corrected chi connectivity index (χ0v) is 42.5. The van der Waals surface area contributed by atoms with Crippen LogP contribution in [-0.4, -0.2) is 88.8 Å². The predicted octanol–water partition coefficient (Wildman–Crippen LogP) is 8.28. The first-order valence-corrected chi connectivity index (χ1v) is 25.7. The number of benzene rings is 4. The third kappa shape index (κ3) is 11.4. The molecular formula is C53H54N7O8S3+. The topological polar surface area (TPSA) is 165 Å². The summed E-state index contributed by atoms with van der Waals surface area (Å²) in [5.74, 6) is -0.415. The number of oxime groups is 1. The maximum absolute atomic E-state index is 14.3. The van der Waals surface area contributed by atoms with Crippen LogP contribution in [0, 0.1) is 0 Å². The number of methoxy groups -OCH3 is 1. The Bertz CT molecular complexity index is 2800. The lowest BCUT2D eigenvalue weighted by Crippen LogP contribution is -2.71. The Morgan fingerprint density at radius 1 is 0.887 bits per heavy atom. The number of ether oxygens (including phenoxy) is 3. The number of esters is 1. The maximum Gasteiger partial charge on any atom is 0.463 e. The van der Waals surface area contributed by atoms with E-state index in [2.05, 4.69) is 52.2 Å². The predicted molar refractivity (Wildman–Crippen MR) is 276 cm³/mol. The second kappa shape index (κ2) is 22.3. The molecule has 1 fully saturated rings. The first kappa shape index (κ1) is 50.2. The third-order valence-corrected chi connectivity index (χ3v) is 14.6. The van der Waals surface area contributed by atoms with E-state index in [9.17, 15) is 19.2 Å². The molecule has 366 valence electrons. The number of nitrogens with zero attached hydrogens (tertiary/aromatic N) is 5. The summed E-state index contributed by atoms with van der Waals surface area (Å²) in [5, 5.41) is 13.8. The monoisotopic (exact) mass is 1010 g/mol. The number of hydrogen-bond acceptors (Lipinski definition) is 14. The number of carbonyl (C=O) groups is 4. The number of rotatable bonds is 18. The third-order valence-electron chi connectivity index (χ3n) is 11.4. The van der Waals surface area contributed by atoms with Gasteiger partial charge in [-0.15, -0.1) is 34.9 Å². The smallest absolute Gasteiger partial charge is 0.463 e. The molecule has 18 heteroatoms. The van der Waals surface area contributed by atoms with Crippen molar-refractivity contribution in [2.45, 2.75) is 61.8 Å². The van der Waals surface area contributed by atoms with Crippen molar-refractivity contribution in [2.75, 3.05) is 42.6 Å². The lowest BCUT2D eigenvalue weighted by atomic mass is 9.77. The second-order valence-electron chi connectivity index (χ2n) is 17.3. The Kier molecular flexibility index (Phi) is 15.8. The lowest BCUT2D eigenvalue weighted by molar-refractivity contribution is -0.681. The number of thioether (sulfide) groups is 2. The van der Waals surface area contributed by atoms with E-state index in [0.717, 1.165) is 27.1 Å². The molecule has 0 spiro atoms. The highest BCUT2D eigenvalue weighted by molar-refractivity contribution is 8.01. The lowest BCUT2D eigenvalue weighted by Gasteiger charge is -2.49. The average Bonchev–Trinajstić information content (AvgIpc) is 3.86. The van der Waals surface area contributed by atoms with Gasteiger partial charge in [0, 0.05) is 33.9 Å². The van der Waals surface area contributed by atoms with E-state index in [1.165, 1.54) is 44.8 Å². The fourth-order valence-corrected chi connectivity index (χ4v) is 11.1. The van der Waals surface area contributed by atoms with Crippen molar-refractivity contribution < 1.29 is 42.9 Å². The number of aromatic nitrogens is 2. The van der Waals surface area contributed by atoms with E-state index in [1.807, 2.05) is 66.7 Å². The summed E-state index contributed by atoms with van der Waals surface area (Å²) in [6.07, 6.45) is 2.97. The molecule has 0 unspecified atom stereocenters. The maximum atomic E-state index is 14.3. The van der Waals surface area contributed by atoms with Crippen LogP contribution >= 0.6 is 34.9 Å². The van der Waals surface area contributed by atoms with Gasteiger partial charge in [-0.3, -0.25) is 14.5 Å². The highest BCUT2D eigenvalue weighted by Crippen LogP contribution is 2.43. The molecule has 2 atom stereocenters. The first-order chi connectivity index (χ1) is 34.3. The Morgan fingerprint density at radius 2 is 1.49 bits per heavy atom. The van der Waals surface area contributed by atoms with Crippen LogP contribution in [0.15, 0.2) is 166 Å². The number of thiazole rings is 1. The van der Waals surface area contributed by atoms with Crippen molar-refractivity contribution >= 4 is 69.6 Å². The van der Waals surface area contributed by atoms with Gasteiger partial charge in [0.15, 0.2) is 10.8 Å². The van der Waals surface area contributed by atoms with E-state index < -0.39 is 46.4 Å². The number of carbonyl (C=O) groups excluding carboxylic acids is 4. The molecule has 0 bridgehead atoms. The van der Waals surface area contributed by atoms with E-state index in [1.54, 1.807) is 88.6 Å². The average molecular weight is 1010 g/mol. The standard InChI is InChI=1S/C53H53N7O8S3/c1-7-67-57-43(42-34-71-50(54-42)56-53(37-17-11-8-12-18-37,38-19-13-9-14-20-38)39-21-15-10-16-22-39)46(61)55-44-47(62)60-45(49(63)66-31-35-23-25-40(65-6)26-24-35)36(33-70-48(44)60)32-69-41-27-29-59(30-28-41)58(5)51(64)68-52(2,3)4/h8-30,34,44,48H,7,31-33H2,1-6H3,(H-,54,55,56,61)/p+1/b57-43-/t44-,48-/m1/s1. The molecule has 0 saturated carbocycles. The van der Waals surface area contributed by atoms with Crippen molar-refractivity contribution in [3.05, 3.63) is 184 Å². The van der Waals surface area contributed by atoms with E-state index in [-0.39, 0.29) is 30.3 Å². The summed E-state index contributed by atoms with van der Waals surface area (Å²) in [7, 11) is 3.18. The number of anilines is 1. The van der Waals surface area contributed by atoms with Crippen molar-refractivity contribution in [3.63, 3.8) is 0 Å². The SMILES string of the molecule is CCO/N=C(\C(=O)N[C@@H]1C(=O)N2C(C(=O)OCc3ccc(OC)cc3)=C(CSc3cc[n+](N(C)C(=O)OC(C)(C)C)cc3)CS[C@H]12)c1csc(NC(c2ccccc2)(c2ccccc2)c2ccccc2)n1. The number of fused-ring (bicyclic) bond motifs is 1. The Hall–Kier alpha value is -7.15. The van der Waals surface area contributed by atoms with E-state index in [0.29, 0.717) is 28.0 Å². The summed E-state index contributed by atoms with van der Waals surface area (Å²) in [5.41, 5.74) is 3.10. The molecule has 3 amide bonds. The molecule has 71 heavy (non-hydrogen) atoms. The van der Waals surface area contributed by atoms with Crippen LogP contribution in [0.3, 0.4) is 0 Å². The molecule has 4 heterocycles. The van der Waals surface area contributed by atoms with Gasteiger partial charge >= 0.3 is 12.1 Å². The zero-order valence-electron chi connectivity index (χ0n) is 40.1. The molecule has 15 nitrogen and oxygen atoms in total. The number of pyridine rings is 1. The minimum Gasteiger partial charge on any atom is -0.497 e. The van der Waals surface area contributed by atoms with Gasteiger partial charge < -0.3 is 29.7 Å². The molecule has 0 radical (unpaired) electrons. The van der Waals surface area contributed by atoms with Crippen LogP contribution in [0.5, 0.6) is 5.75 Å². The number of hydrogen-bond donors (Lipinski definition) is 2. The van der Waals surface area contributed by atoms with Gasteiger partial charge in [0.1, 0.15) is 52.9 Å². The largest absolute Gasteiger partial charge is 0.497 e. The molecule has 2 aliphatic heterocycles. The van der Waals surface area contributed by atoms with Gasteiger partial charge in [-0.1, -0.05) is 118 Å². The highest BCUT2D eigenvalue weighted by Gasteiger charge is 2.55. The summed E-state index contributed by atoms with van der Waals surface area (Å²) >= 11 is 4.21. The van der Waals surface area contributed by atoms with Crippen LogP contribution < -0.4 is 25.1 Å². The fourth-order valence-electron chi connectivity index (χ4n) is 7.94. The number of β-lactam (4-membered cyclic amide) rings is 1. The molecular weight excluding hydrogens is 959 g/mol. The van der Waals surface area contributed by atoms with Gasteiger partial charge in [-0.25, -0.2) is 14.6 Å². The number of amides is 3. The van der Waals surface area contributed by atoms with Gasteiger partial charge in [0.2, 0.25) is 12.4 Å². The summed E-state index contributed by atoms with van der Waals surface area (Å²) < 4.78 is 18.2. The summed E-state index contributed by atoms with van der Waals surface area (Å²) in [4.78, 5) is 68.1. The Balaban J connectivity index is 1.02. The zero-order chi connectivity index (χ0) is 50.1. The first-order valence-electron chi connectivity index (χ1n) is 22.8. The molecule has 2 aromatic heterocycles. The van der Waals surface area contributed by atoms with Crippen LogP contribution in [0.25, 0.3) is 0 Å². The quantitative estimate of drug-likeness (QED) is 0.0161. The fraction of sp³-hybridized carbons (Fsp3) is 0.264.